The van der Waals surface area contributed by atoms with Crippen LogP contribution in [0.1, 0.15) is 5.56 Å². The van der Waals surface area contributed by atoms with Crippen molar-refractivity contribution in [1.82, 2.24) is 0 Å². The fraction of sp³-hybridized carbons (Fsp3) is 0.0667. The SMILES string of the molecule is FCC(=C(F)F)c1ccccc1-c1ccccc1. The maximum absolute atomic E-state index is 12.8. The van der Waals surface area contributed by atoms with Crippen LogP contribution in [0, 0.1) is 0 Å². The fourth-order valence-electron chi connectivity index (χ4n) is 1.84. The second-order valence-corrected chi connectivity index (χ2v) is 3.78. The fourth-order valence-corrected chi connectivity index (χ4v) is 1.84. The molecule has 0 fully saturated rings. The van der Waals surface area contributed by atoms with Gasteiger partial charge < -0.3 is 0 Å². The Bertz CT molecular complexity index is 555. The van der Waals surface area contributed by atoms with E-state index in [1.807, 2.05) is 30.3 Å². The van der Waals surface area contributed by atoms with Crippen LogP contribution in [0.3, 0.4) is 0 Å². The van der Waals surface area contributed by atoms with Gasteiger partial charge in [-0.3, -0.25) is 0 Å². The minimum Gasteiger partial charge on any atom is -0.246 e. The van der Waals surface area contributed by atoms with Crippen LogP contribution < -0.4 is 0 Å². The average molecular weight is 248 g/mol. The topological polar surface area (TPSA) is 0 Å². The van der Waals surface area contributed by atoms with E-state index in [0.29, 0.717) is 5.56 Å². The van der Waals surface area contributed by atoms with Crippen LogP contribution in [0.15, 0.2) is 60.7 Å². The van der Waals surface area contributed by atoms with Crippen LogP contribution in [0.2, 0.25) is 0 Å². The Balaban J connectivity index is 2.61. The third kappa shape index (κ3) is 2.45. The summed E-state index contributed by atoms with van der Waals surface area (Å²) in [7, 11) is 0. The standard InChI is InChI=1S/C15H11F3/c16-10-14(15(17)18)13-9-5-4-8-12(13)11-6-2-1-3-7-11/h1-9H,10H2. The Morgan fingerprint density at radius 1 is 0.833 bits per heavy atom. The molecule has 0 spiro atoms. The average Bonchev–Trinajstić information content (AvgIpc) is 2.41. The van der Waals surface area contributed by atoms with E-state index < -0.39 is 18.3 Å². The molecule has 3 heteroatoms. The van der Waals surface area contributed by atoms with E-state index in [1.165, 1.54) is 6.07 Å². The van der Waals surface area contributed by atoms with Gasteiger partial charge in [0.25, 0.3) is 6.08 Å². The molecule has 0 saturated heterocycles. The molecule has 0 atom stereocenters. The molecule has 2 aromatic carbocycles. The summed E-state index contributed by atoms with van der Waals surface area (Å²) in [4.78, 5) is 0. The van der Waals surface area contributed by atoms with Gasteiger partial charge in [0.15, 0.2) is 0 Å². The number of halogens is 3. The van der Waals surface area contributed by atoms with E-state index in [4.69, 9.17) is 0 Å². The molecule has 0 aliphatic heterocycles. The first-order chi connectivity index (χ1) is 8.74. The van der Waals surface area contributed by atoms with Crippen LogP contribution >= 0.6 is 0 Å². The molecule has 0 aliphatic carbocycles. The summed E-state index contributed by atoms with van der Waals surface area (Å²) in [5, 5.41) is 0. The van der Waals surface area contributed by atoms with E-state index in [2.05, 4.69) is 0 Å². The summed E-state index contributed by atoms with van der Waals surface area (Å²) < 4.78 is 38.2. The smallest absolute Gasteiger partial charge is 0.246 e. The van der Waals surface area contributed by atoms with Gasteiger partial charge in [0.05, 0.1) is 5.57 Å². The zero-order valence-electron chi connectivity index (χ0n) is 9.54. The molecule has 0 heterocycles. The van der Waals surface area contributed by atoms with Crippen molar-refractivity contribution in [2.45, 2.75) is 0 Å². The van der Waals surface area contributed by atoms with E-state index in [0.717, 1.165) is 5.56 Å². The van der Waals surface area contributed by atoms with Crippen LogP contribution in [-0.2, 0) is 0 Å². The first kappa shape index (κ1) is 12.4. The first-order valence-electron chi connectivity index (χ1n) is 5.49. The van der Waals surface area contributed by atoms with Gasteiger partial charge in [-0.1, -0.05) is 54.6 Å². The second-order valence-electron chi connectivity index (χ2n) is 3.78. The molecule has 2 rings (SSSR count). The number of hydrogen-bond acceptors (Lipinski definition) is 0. The predicted octanol–water partition coefficient (Wildman–Crippen LogP) is 4.93. The van der Waals surface area contributed by atoms with Crippen LogP contribution in [0.25, 0.3) is 16.7 Å². The summed E-state index contributed by atoms with van der Waals surface area (Å²) in [6.07, 6.45) is -1.97. The molecule has 0 radical (unpaired) electrons. The zero-order chi connectivity index (χ0) is 13.0. The van der Waals surface area contributed by atoms with Crippen molar-refractivity contribution in [1.29, 1.82) is 0 Å². The minimum atomic E-state index is -1.97. The number of alkyl halides is 1. The molecule has 0 unspecified atom stereocenters. The van der Waals surface area contributed by atoms with Gasteiger partial charge in [0, 0.05) is 0 Å². The zero-order valence-corrected chi connectivity index (χ0v) is 9.54. The molecule has 92 valence electrons. The summed E-state index contributed by atoms with van der Waals surface area (Å²) in [5.41, 5.74) is 1.10. The van der Waals surface area contributed by atoms with Crippen molar-refractivity contribution in [3.8, 4) is 11.1 Å². The number of hydrogen-bond donors (Lipinski definition) is 0. The quantitative estimate of drug-likeness (QED) is 0.722. The Morgan fingerprint density at radius 3 is 2.06 bits per heavy atom. The summed E-state index contributed by atoms with van der Waals surface area (Å²) >= 11 is 0. The largest absolute Gasteiger partial charge is 0.276 e. The third-order valence-electron chi connectivity index (χ3n) is 2.70. The van der Waals surface area contributed by atoms with Crippen molar-refractivity contribution in [3.05, 3.63) is 66.2 Å². The van der Waals surface area contributed by atoms with Crippen molar-refractivity contribution < 1.29 is 13.2 Å². The summed E-state index contributed by atoms with van der Waals surface area (Å²) in [5.74, 6) is 0. The maximum atomic E-state index is 12.8. The van der Waals surface area contributed by atoms with Crippen molar-refractivity contribution in [2.24, 2.45) is 0 Å². The van der Waals surface area contributed by atoms with Gasteiger partial charge in [0.1, 0.15) is 6.67 Å². The highest BCUT2D eigenvalue weighted by Crippen LogP contribution is 2.31. The van der Waals surface area contributed by atoms with E-state index in [1.54, 1.807) is 18.2 Å². The third-order valence-corrected chi connectivity index (χ3v) is 2.70. The highest BCUT2D eigenvalue weighted by Gasteiger charge is 2.13. The summed E-state index contributed by atoms with van der Waals surface area (Å²) in [6.45, 7) is -1.17. The maximum Gasteiger partial charge on any atom is 0.276 e. The van der Waals surface area contributed by atoms with Crippen LogP contribution in [0.4, 0.5) is 13.2 Å². The van der Waals surface area contributed by atoms with Gasteiger partial charge >= 0.3 is 0 Å². The van der Waals surface area contributed by atoms with Crippen molar-refractivity contribution in [2.75, 3.05) is 6.67 Å². The first-order valence-corrected chi connectivity index (χ1v) is 5.49. The van der Waals surface area contributed by atoms with E-state index in [-0.39, 0.29) is 5.56 Å². The van der Waals surface area contributed by atoms with E-state index >= 15 is 0 Å². The Kier molecular flexibility index (Phi) is 3.82. The van der Waals surface area contributed by atoms with Gasteiger partial charge in [-0.25, -0.2) is 4.39 Å². The molecule has 0 amide bonds. The highest BCUT2D eigenvalue weighted by atomic mass is 19.3. The number of rotatable bonds is 3. The monoisotopic (exact) mass is 248 g/mol. The van der Waals surface area contributed by atoms with Gasteiger partial charge in [0.2, 0.25) is 0 Å². The van der Waals surface area contributed by atoms with Crippen LogP contribution in [0.5, 0.6) is 0 Å². The normalized spacial score (nSPS) is 10.2. The molecule has 0 aromatic heterocycles. The Labute approximate surface area is 103 Å². The lowest BCUT2D eigenvalue weighted by Crippen LogP contribution is -1.92. The lowest BCUT2D eigenvalue weighted by molar-refractivity contribution is 0.417. The summed E-state index contributed by atoms with van der Waals surface area (Å²) in [6, 6.07) is 15.7. The van der Waals surface area contributed by atoms with E-state index in [9.17, 15) is 13.2 Å². The molecular weight excluding hydrogens is 237 g/mol. The molecule has 0 aliphatic rings. The molecule has 0 N–H and O–H groups in total. The van der Waals surface area contributed by atoms with Gasteiger partial charge in [-0.2, -0.15) is 8.78 Å². The lowest BCUT2D eigenvalue weighted by Gasteiger charge is -2.10. The van der Waals surface area contributed by atoms with Crippen molar-refractivity contribution >= 4 is 5.57 Å². The van der Waals surface area contributed by atoms with Crippen LogP contribution in [-0.4, -0.2) is 6.67 Å². The molecule has 18 heavy (non-hydrogen) atoms. The lowest BCUT2D eigenvalue weighted by atomic mass is 9.95. The molecule has 0 saturated carbocycles. The number of allylic oxidation sites excluding steroid dienone is 1. The highest BCUT2D eigenvalue weighted by molar-refractivity contribution is 5.81. The Morgan fingerprint density at radius 2 is 1.44 bits per heavy atom. The van der Waals surface area contributed by atoms with Gasteiger partial charge in [-0.05, 0) is 16.7 Å². The molecular formula is C15H11F3. The minimum absolute atomic E-state index is 0.242. The van der Waals surface area contributed by atoms with Gasteiger partial charge in [-0.15, -0.1) is 0 Å². The molecule has 0 bridgehead atoms. The predicted molar refractivity (Wildman–Crippen MR) is 67.0 cm³/mol. The molecule has 0 nitrogen and oxygen atoms in total. The number of benzene rings is 2. The van der Waals surface area contributed by atoms with Crippen molar-refractivity contribution in [3.63, 3.8) is 0 Å². The molecule has 2 aromatic rings. The second kappa shape index (κ2) is 5.54. The Hall–Kier alpha value is -2.03.